The van der Waals surface area contributed by atoms with Gasteiger partial charge in [-0.15, -0.1) is 0 Å². The van der Waals surface area contributed by atoms with Crippen molar-refractivity contribution in [1.82, 2.24) is 0 Å². The Morgan fingerprint density at radius 2 is 1.92 bits per heavy atom. The Kier molecular flexibility index (Phi) is 5.24. The molecule has 2 amide bonds. The molecule has 5 nitrogen and oxygen atoms in total. The number of halogens is 1. The highest BCUT2D eigenvalue weighted by Gasteiger charge is 2.25. The highest BCUT2D eigenvalue weighted by Crippen LogP contribution is 2.29. The first-order valence-electron chi connectivity index (χ1n) is 8.17. The lowest BCUT2D eigenvalue weighted by atomic mass is 10.2. The van der Waals surface area contributed by atoms with E-state index in [0.717, 1.165) is 12.1 Å². The highest BCUT2D eigenvalue weighted by atomic mass is 35.5. The molecule has 1 fully saturated rings. The average molecular weight is 359 g/mol. The maximum atomic E-state index is 12.5. The van der Waals surface area contributed by atoms with Crippen LogP contribution in [0.1, 0.15) is 19.8 Å². The zero-order chi connectivity index (χ0) is 17.8. The molecule has 1 heterocycles. The summed E-state index contributed by atoms with van der Waals surface area (Å²) in [7, 11) is 0. The summed E-state index contributed by atoms with van der Waals surface area (Å²) in [5, 5.41) is 3.46. The molecule has 1 N–H and O–H groups in total. The van der Waals surface area contributed by atoms with Crippen LogP contribution in [-0.4, -0.2) is 24.5 Å². The van der Waals surface area contributed by atoms with Crippen molar-refractivity contribution in [2.45, 2.75) is 25.9 Å². The maximum Gasteiger partial charge on any atom is 0.265 e. The number of ether oxygens (including phenoxy) is 1. The molecule has 0 aromatic heterocycles. The summed E-state index contributed by atoms with van der Waals surface area (Å²) in [5.74, 6) is 0.358. The monoisotopic (exact) mass is 358 g/mol. The van der Waals surface area contributed by atoms with Gasteiger partial charge in [0.05, 0.1) is 11.4 Å². The van der Waals surface area contributed by atoms with E-state index in [2.05, 4.69) is 5.32 Å². The predicted molar refractivity (Wildman–Crippen MR) is 98.2 cm³/mol. The Balaban J connectivity index is 1.70. The fraction of sp³-hybridized carbons (Fsp3) is 0.263. The van der Waals surface area contributed by atoms with E-state index in [4.69, 9.17) is 16.3 Å². The van der Waals surface area contributed by atoms with Crippen molar-refractivity contribution < 1.29 is 14.3 Å². The number of anilines is 2. The number of carbonyl (C=O) groups excluding carboxylic acids is 2. The topological polar surface area (TPSA) is 58.6 Å². The third kappa shape index (κ3) is 4.12. The lowest BCUT2D eigenvalue weighted by Crippen LogP contribution is -2.31. The Bertz CT molecular complexity index is 776. The molecule has 0 bridgehead atoms. The molecule has 1 saturated heterocycles. The van der Waals surface area contributed by atoms with Crippen LogP contribution < -0.4 is 15.0 Å². The predicted octanol–water partition coefficient (Wildman–Crippen LogP) is 3.87. The van der Waals surface area contributed by atoms with Crippen molar-refractivity contribution in [3.63, 3.8) is 0 Å². The summed E-state index contributed by atoms with van der Waals surface area (Å²) >= 11 is 5.84. The summed E-state index contributed by atoms with van der Waals surface area (Å²) in [6, 6.07) is 14.1. The number of benzene rings is 2. The summed E-state index contributed by atoms with van der Waals surface area (Å²) in [6.07, 6.45) is 0.679. The van der Waals surface area contributed by atoms with Crippen molar-refractivity contribution in [3.8, 4) is 5.75 Å². The third-order valence-electron chi connectivity index (χ3n) is 4.02. The Hall–Kier alpha value is -2.53. The molecule has 0 radical (unpaired) electrons. The fourth-order valence-electron chi connectivity index (χ4n) is 2.72. The third-order valence-corrected chi connectivity index (χ3v) is 4.27. The Morgan fingerprint density at radius 3 is 2.60 bits per heavy atom. The molecule has 130 valence electrons. The second-order valence-corrected chi connectivity index (χ2v) is 6.31. The standard InChI is InChI=1S/C19H19ClN2O3/c1-13(25-15-10-8-14(20)9-11-15)19(24)21-16-5-2-3-6-17(16)22-12-4-7-18(22)23/h2-3,5-6,8-11,13H,4,7,12H2,1H3,(H,21,24)/t13-/m1/s1. The molecular formula is C19H19ClN2O3. The molecule has 2 aromatic carbocycles. The van der Waals surface area contributed by atoms with E-state index in [-0.39, 0.29) is 11.8 Å². The van der Waals surface area contributed by atoms with Crippen molar-refractivity contribution in [2.75, 3.05) is 16.8 Å². The smallest absolute Gasteiger partial charge is 0.265 e. The maximum absolute atomic E-state index is 12.5. The molecule has 6 heteroatoms. The molecule has 3 rings (SSSR count). The quantitative estimate of drug-likeness (QED) is 0.882. The Morgan fingerprint density at radius 1 is 1.20 bits per heavy atom. The van der Waals surface area contributed by atoms with Gasteiger partial charge < -0.3 is 15.0 Å². The minimum atomic E-state index is -0.691. The average Bonchev–Trinajstić information content (AvgIpc) is 3.03. The van der Waals surface area contributed by atoms with Crippen LogP contribution in [-0.2, 0) is 9.59 Å². The van der Waals surface area contributed by atoms with Gasteiger partial charge in [-0.3, -0.25) is 9.59 Å². The van der Waals surface area contributed by atoms with Gasteiger partial charge in [-0.05, 0) is 49.7 Å². The highest BCUT2D eigenvalue weighted by molar-refractivity contribution is 6.30. The lowest BCUT2D eigenvalue weighted by molar-refractivity contribution is -0.122. The minimum Gasteiger partial charge on any atom is -0.481 e. The Labute approximate surface area is 151 Å². The van der Waals surface area contributed by atoms with Gasteiger partial charge in [-0.1, -0.05) is 23.7 Å². The second kappa shape index (κ2) is 7.57. The molecule has 2 aromatic rings. The number of hydrogen-bond acceptors (Lipinski definition) is 3. The molecule has 1 aliphatic heterocycles. The van der Waals surface area contributed by atoms with E-state index in [1.54, 1.807) is 42.2 Å². The first-order valence-corrected chi connectivity index (χ1v) is 8.55. The van der Waals surface area contributed by atoms with Gasteiger partial charge in [-0.2, -0.15) is 0 Å². The van der Waals surface area contributed by atoms with Crippen LogP contribution in [0.5, 0.6) is 5.75 Å². The molecule has 0 unspecified atom stereocenters. The summed E-state index contributed by atoms with van der Waals surface area (Å²) < 4.78 is 5.64. The molecule has 0 spiro atoms. The van der Waals surface area contributed by atoms with Gasteiger partial charge in [0, 0.05) is 18.0 Å². The van der Waals surface area contributed by atoms with E-state index < -0.39 is 6.10 Å². The first-order chi connectivity index (χ1) is 12.0. The van der Waals surface area contributed by atoms with Crippen LogP contribution in [0.25, 0.3) is 0 Å². The van der Waals surface area contributed by atoms with Crippen LogP contribution in [0, 0.1) is 0 Å². The molecule has 1 aliphatic rings. The fourth-order valence-corrected chi connectivity index (χ4v) is 2.85. The van der Waals surface area contributed by atoms with Crippen molar-refractivity contribution >= 4 is 34.8 Å². The molecular weight excluding hydrogens is 340 g/mol. The van der Waals surface area contributed by atoms with Crippen LogP contribution in [0.15, 0.2) is 48.5 Å². The SMILES string of the molecule is C[C@@H](Oc1ccc(Cl)cc1)C(=O)Nc1ccccc1N1CCCC1=O. The van der Waals surface area contributed by atoms with E-state index in [1.165, 1.54) is 0 Å². The van der Waals surface area contributed by atoms with Gasteiger partial charge >= 0.3 is 0 Å². The number of nitrogens with zero attached hydrogens (tertiary/aromatic N) is 1. The van der Waals surface area contributed by atoms with Gasteiger partial charge in [0.2, 0.25) is 5.91 Å². The molecule has 25 heavy (non-hydrogen) atoms. The molecule has 0 saturated carbocycles. The van der Waals surface area contributed by atoms with Crippen molar-refractivity contribution in [2.24, 2.45) is 0 Å². The number of para-hydroxylation sites is 2. The van der Waals surface area contributed by atoms with Gasteiger partial charge in [-0.25, -0.2) is 0 Å². The molecule has 1 atom stereocenters. The van der Waals surface area contributed by atoms with E-state index in [0.29, 0.717) is 29.4 Å². The van der Waals surface area contributed by atoms with Crippen LogP contribution in [0.2, 0.25) is 5.02 Å². The van der Waals surface area contributed by atoms with Crippen molar-refractivity contribution in [1.29, 1.82) is 0 Å². The number of carbonyl (C=O) groups is 2. The summed E-state index contributed by atoms with van der Waals surface area (Å²) in [4.78, 5) is 26.2. The van der Waals surface area contributed by atoms with E-state index in [9.17, 15) is 9.59 Å². The molecule has 0 aliphatic carbocycles. The number of rotatable bonds is 5. The minimum absolute atomic E-state index is 0.0761. The first kappa shape index (κ1) is 17.3. The number of hydrogen-bond donors (Lipinski definition) is 1. The lowest BCUT2D eigenvalue weighted by Gasteiger charge is -2.21. The normalized spacial score (nSPS) is 15.1. The number of nitrogens with one attached hydrogen (secondary N) is 1. The van der Waals surface area contributed by atoms with Gasteiger partial charge in [0.15, 0.2) is 6.10 Å². The van der Waals surface area contributed by atoms with E-state index in [1.807, 2.05) is 18.2 Å². The zero-order valence-corrected chi connectivity index (χ0v) is 14.6. The largest absolute Gasteiger partial charge is 0.481 e. The zero-order valence-electron chi connectivity index (χ0n) is 13.9. The van der Waals surface area contributed by atoms with Gasteiger partial charge in [0.1, 0.15) is 5.75 Å². The second-order valence-electron chi connectivity index (χ2n) is 5.87. The van der Waals surface area contributed by atoms with Crippen molar-refractivity contribution in [3.05, 3.63) is 53.6 Å². The van der Waals surface area contributed by atoms with Crippen LogP contribution in [0.4, 0.5) is 11.4 Å². The van der Waals surface area contributed by atoms with Crippen LogP contribution >= 0.6 is 11.6 Å². The van der Waals surface area contributed by atoms with Gasteiger partial charge in [0.25, 0.3) is 5.91 Å². The van der Waals surface area contributed by atoms with Crippen LogP contribution in [0.3, 0.4) is 0 Å². The van der Waals surface area contributed by atoms with E-state index >= 15 is 0 Å². The summed E-state index contributed by atoms with van der Waals surface area (Å²) in [5.41, 5.74) is 1.33. The number of amides is 2. The summed E-state index contributed by atoms with van der Waals surface area (Å²) in [6.45, 7) is 2.34.